The molecule has 0 amide bonds. The number of rotatable bonds is 5. The van der Waals surface area contributed by atoms with Crippen molar-refractivity contribution >= 4 is 11.6 Å². The molecule has 0 aromatic carbocycles. The van der Waals surface area contributed by atoms with E-state index >= 15 is 0 Å². The number of hydrogen-bond acceptors (Lipinski definition) is 5. The second-order valence-corrected chi connectivity index (χ2v) is 5.44. The molecule has 20 heavy (non-hydrogen) atoms. The molecule has 1 atom stereocenters. The van der Waals surface area contributed by atoms with E-state index < -0.39 is 0 Å². The minimum Gasteiger partial charge on any atom is -0.374 e. The van der Waals surface area contributed by atoms with Crippen molar-refractivity contribution in [3.63, 3.8) is 0 Å². The lowest BCUT2D eigenvalue weighted by Crippen LogP contribution is -2.26. The van der Waals surface area contributed by atoms with Crippen LogP contribution in [-0.4, -0.2) is 36.7 Å². The van der Waals surface area contributed by atoms with Gasteiger partial charge in [-0.15, -0.1) is 0 Å². The van der Waals surface area contributed by atoms with Crippen molar-refractivity contribution in [2.45, 2.75) is 39.7 Å². The first-order chi connectivity index (χ1) is 9.72. The summed E-state index contributed by atoms with van der Waals surface area (Å²) in [5.74, 6) is 3.45. The molecule has 1 N–H and O–H groups in total. The quantitative estimate of drug-likeness (QED) is 0.897. The molecule has 0 radical (unpaired) electrons. The molecule has 1 aliphatic heterocycles. The Morgan fingerprint density at radius 3 is 2.95 bits per heavy atom. The first-order valence-electron chi connectivity index (χ1n) is 7.61. The van der Waals surface area contributed by atoms with Crippen molar-refractivity contribution in [1.82, 2.24) is 9.97 Å². The average molecular weight is 278 g/mol. The van der Waals surface area contributed by atoms with E-state index in [0.29, 0.717) is 13.2 Å². The van der Waals surface area contributed by atoms with Gasteiger partial charge in [0.05, 0.1) is 0 Å². The SMILES string of the molecule is CCOCc1nc(NC)cc(N2CCCC(C)CC2)n1. The van der Waals surface area contributed by atoms with Crippen LogP contribution < -0.4 is 10.2 Å². The topological polar surface area (TPSA) is 50.3 Å². The number of hydrogen-bond donors (Lipinski definition) is 1. The van der Waals surface area contributed by atoms with Crippen LogP contribution in [0.15, 0.2) is 6.07 Å². The van der Waals surface area contributed by atoms with Gasteiger partial charge in [-0.1, -0.05) is 6.92 Å². The zero-order valence-corrected chi connectivity index (χ0v) is 12.9. The van der Waals surface area contributed by atoms with E-state index in [1.165, 1.54) is 19.3 Å². The lowest BCUT2D eigenvalue weighted by Gasteiger charge is -2.22. The molecule has 2 heterocycles. The van der Waals surface area contributed by atoms with Gasteiger partial charge in [-0.25, -0.2) is 9.97 Å². The molecule has 1 aromatic rings. The molecule has 5 nitrogen and oxygen atoms in total. The van der Waals surface area contributed by atoms with Crippen molar-refractivity contribution in [2.75, 3.05) is 37.0 Å². The van der Waals surface area contributed by atoms with Gasteiger partial charge in [0.2, 0.25) is 0 Å². The molecule has 2 rings (SSSR count). The van der Waals surface area contributed by atoms with Crippen LogP contribution >= 0.6 is 0 Å². The largest absolute Gasteiger partial charge is 0.374 e. The maximum Gasteiger partial charge on any atom is 0.158 e. The summed E-state index contributed by atoms with van der Waals surface area (Å²) in [4.78, 5) is 11.5. The van der Waals surface area contributed by atoms with E-state index in [-0.39, 0.29) is 0 Å². The Bertz CT molecular complexity index is 424. The zero-order valence-electron chi connectivity index (χ0n) is 12.9. The monoisotopic (exact) mass is 278 g/mol. The summed E-state index contributed by atoms with van der Waals surface area (Å²) >= 11 is 0. The summed E-state index contributed by atoms with van der Waals surface area (Å²) in [7, 11) is 1.89. The molecule has 0 aliphatic carbocycles. The molecular weight excluding hydrogens is 252 g/mol. The van der Waals surface area contributed by atoms with Crippen LogP contribution in [0.1, 0.15) is 38.9 Å². The summed E-state index contributed by atoms with van der Waals surface area (Å²) in [6.07, 6.45) is 3.78. The zero-order chi connectivity index (χ0) is 14.4. The normalized spacial score (nSPS) is 19.8. The molecule has 1 fully saturated rings. The van der Waals surface area contributed by atoms with Crippen LogP contribution in [0.3, 0.4) is 0 Å². The Labute approximate surface area is 121 Å². The van der Waals surface area contributed by atoms with Crippen LogP contribution in [-0.2, 0) is 11.3 Å². The predicted octanol–water partition coefficient (Wildman–Crippen LogP) is 2.68. The molecular formula is C15H26N4O. The Morgan fingerprint density at radius 1 is 1.35 bits per heavy atom. The van der Waals surface area contributed by atoms with Crippen molar-refractivity contribution < 1.29 is 4.74 Å². The van der Waals surface area contributed by atoms with E-state index in [1.54, 1.807) is 0 Å². The Kier molecular flexibility index (Phi) is 5.59. The Hall–Kier alpha value is -1.36. The second-order valence-electron chi connectivity index (χ2n) is 5.44. The summed E-state index contributed by atoms with van der Waals surface area (Å²) in [5, 5.41) is 3.11. The third-order valence-corrected chi connectivity index (χ3v) is 3.79. The average Bonchev–Trinajstić information content (AvgIpc) is 2.69. The number of ether oxygens (including phenoxy) is 1. The third kappa shape index (κ3) is 4.07. The van der Waals surface area contributed by atoms with E-state index in [0.717, 1.165) is 36.5 Å². The Morgan fingerprint density at radius 2 is 2.20 bits per heavy atom. The van der Waals surface area contributed by atoms with Gasteiger partial charge >= 0.3 is 0 Å². The van der Waals surface area contributed by atoms with E-state index in [1.807, 2.05) is 20.0 Å². The fourth-order valence-corrected chi connectivity index (χ4v) is 2.52. The molecule has 1 aliphatic rings. The van der Waals surface area contributed by atoms with Crippen LogP contribution in [0, 0.1) is 5.92 Å². The lowest BCUT2D eigenvalue weighted by molar-refractivity contribution is 0.128. The van der Waals surface area contributed by atoms with E-state index in [2.05, 4.69) is 27.1 Å². The van der Waals surface area contributed by atoms with Gasteiger partial charge in [0.25, 0.3) is 0 Å². The maximum absolute atomic E-state index is 5.43. The van der Waals surface area contributed by atoms with Crippen molar-refractivity contribution in [3.8, 4) is 0 Å². The van der Waals surface area contributed by atoms with Crippen LogP contribution in [0.5, 0.6) is 0 Å². The van der Waals surface area contributed by atoms with Crippen molar-refractivity contribution in [2.24, 2.45) is 5.92 Å². The predicted molar refractivity (Wildman–Crippen MR) is 82.1 cm³/mol. The van der Waals surface area contributed by atoms with Gasteiger partial charge in [0.15, 0.2) is 5.82 Å². The molecule has 1 saturated heterocycles. The first kappa shape index (κ1) is 15.0. The number of nitrogens with zero attached hydrogens (tertiary/aromatic N) is 3. The summed E-state index contributed by atoms with van der Waals surface area (Å²) < 4.78 is 5.43. The standard InChI is InChI=1S/C15H26N4O/c1-4-20-11-14-17-13(16-3)10-15(18-14)19-8-5-6-12(2)7-9-19/h10,12H,4-9,11H2,1-3H3,(H,16,17,18). The van der Waals surface area contributed by atoms with Gasteiger partial charge in [-0.2, -0.15) is 0 Å². The van der Waals surface area contributed by atoms with Gasteiger partial charge in [-0.05, 0) is 32.1 Å². The highest BCUT2D eigenvalue weighted by Gasteiger charge is 2.16. The summed E-state index contributed by atoms with van der Waals surface area (Å²) in [6.45, 7) is 7.64. The fourth-order valence-electron chi connectivity index (χ4n) is 2.52. The van der Waals surface area contributed by atoms with Gasteiger partial charge in [0.1, 0.15) is 18.2 Å². The summed E-state index contributed by atoms with van der Waals surface area (Å²) in [6, 6.07) is 2.03. The molecule has 0 saturated carbocycles. The second kappa shape index (κ2) is 7.43. The summed E-state index contributed by atoms with van der Waals surface area (Å²) in [5.41, 5.74) is 0. The van der Waals surface area contributed by atoms with Crippen molar-refractivity contribution in [3.05, 3.63) is 11.9 Å². The van der Waals surface area contributed by atoms with Crippen LogP contribution in [0.4, 0.5) is 11.6 Å². The first-order valence-corrected chi connectivity index (χ1v) is 7.61. The fraction of sp³-hybridized carbons (Fsp3) is 0.733. The number of aromatic nitrogens is 2. The minimum atomic E-state index is 0.475. The van der Waals surface area contributed by atoms with Gasteiger partial charge in [-0.3, -0.25) is 0 Å². The Balaban J connectivity index is 2.16. The molecule has 0 spiro atoms. The highest BCUT2D eigenvalue weighted by atomic mass is 16.5. The van der Waals surface area contributed by atoms with E-state index in [9.17, 15) is 0 Å². The minimum absolute atomic E-state index is 0.475. The smallest absolute Gasteiger partial charge is 0.158 e. The highest BCUT2D eigenvalue weighted by molar-refractivity contribution is 5.49. The molecule has 0 bridgehead atoms. The van der Waals surface area contributed by atoms with Crippen molar-refractivity contribution in [1.29, 1.82) is 0 Å². The molecule has 1 aromatic heterocycles. The van der Waals surface area contributed by atoms with Crippen LogP contribution in [0.2, 0.25) is 0 Å². The molecule has 112 valence electrons. The van der Waals surface area contributed by atoms with Gasteiger partial charge < -0.3 is 15.0 Å². The number of anilines is 2. The van der Waals surface area contributed by atoms with E-state index in [4.69, 9.17) is 4.74 Å². The van der Waals surface area contributed by atoms with Gasteiger partial charge in [0, 0.05) is 32.8 Å². The lowest BCUT2D eigenvalue weighted by atomic mass is 10.0. The van der Waals surface area contributed by atoms with Crippen LogP contribution in [0.25, 0.3) is 0 Å². The third-order valence-electron chi connectivity index (χ3n) is 3.79. The molecule has 5 heteroatoms. The molecule has 1 unspecified atom stereocenters. The highest BCUT2D eigenvalue weighted by Crippen LogP contribution is 2.22. The number of nitrogens with one attached hydrogen (secondary N) is 1. The maximum atomic E-state index is 5.43.